The zero-order chi connectivity index (χ0) is 18.5. The number of nitrogens with zero attached hydrogens (tertiary/aromatic N) is 4. The van der Waals surface area contributed by atoms with E-state index in [0.717, 1.165) is 70.3 Å². The van der Waals surface area contributed by atoms with Gasteiger partial charge in [-0.25, -0.2) is 4.68 Å². The lowest BCUT2D eigenvalue weighted by Gasteiger charge is -2.31. The zero-order valence-electron chi connectivity index (χ0n) is 16.0. The maximum absolute atomic E-state index is 5.42. The van der Waals surface area contributed by atoms with E-state index < -0.39 is 0 Å². The lowest BCUT2D eigenvalue weighted by molar-refractivity contribution is 0.0338. The largest absolute Gasteiger partial charge is 0.497 e. The van der Waals surface area contributed by atoms with E-state index in [0.29, 0.717) is 0 Å². The van der Waals surface area contributed by atoms with Crippen LogP contribution in [0.5, 0.6) is 5.75 Å². The molecule has 1 fully saturated rings. The number of ether oxygens (including phenoxy) is 2. The predicted molar refractivity (Wildman–Crippen MR) is 106 cm³/mol. The highest BCUT2D eigenvalue weighted by Gasteiger charge is 2.16. The number of hydrogen-bond donors (Lipinski definition) is 0. The van der Waals surface area contributed by atoms with Gasteiger partial charge in [0, 0.05) is 51.0 Å². The van der Waals surface area contributed by atoms with Crippen molar-refractivity contribution in [1.29, 1.82) is 0 Å². The van der Waals surface area contributed by atoms with Gasteiger partial charge in [-0.1, -0.05) is 6.08 Å². The summed E-state index contributed by atoms with van der Waals surface area (Å²) in [5.41, 5.74) is 3.67. The Morgan fingerprint density at radius 1 is 1.04 bits per heavy atom. The second-order valence-corrected chi connectivity index (χ2v) is 7.11. The number of methoxy groups -OCH3 is 1. The van der Waals surface area contributed by atoms with Gasteiger partial charge in [0.25, 0.3) is 0 Å². The van der Waals surface area contributed by atoms with E-state index in [1.807, 2.05) is 35.1 Å². The SMILES string of the molecule is COc1ccc(-n2cc(C3=CCN(CCN4CCOCC4)CC3)cn2)cc1. The quantitative estimate of drug-likeness (QED) is 0.783. The first-order chi connectivity index (χ1) is 13.3. The molecule has 2 aliphatic heterocycles. The van der Waals surface area contributed by atoms with Gasteiger partial charge in [0.1, 0.15) is 5.75 Å². The summed E-state index contributed by atoms with van der Waals surface area (Å²) in [6.45, 7) is 8.30. The fourth-order valence-corrected chi connectivity index (χ4v) is 3.65. The standard InChI is InChI=1S/C21H28N4O2/c1-26-21-4-2-20(3-5-21)25-17-19(16-22-25)18-6-8-23(9-7-18)10-11-24-12-14-27-15-13-24/h2-6,16-17H,7-15H2,1H3. The molecule has 0 radical (unpaired) electrons. The van der Waals surface area contributed by atoms with Crippen LogP contribution in [0.15, 0.2) is 42.7 Å². The van der Waals surface area contributed by atoms with Gasteiger partial charge in [-0.3, -0.25) is 9.80 Å². The fourth-order valence-electron chi connectivity index (χ4n) is 3.65. The summed E-state index contributed by atoms with van der Waals surface area (Å²) in [4.78, 5) is 5.04. The van der Waals surface area contributed by atoms with Crippen LogP contribution in [0.1, 0.15) is 12.0 Å². The average molecular weight is 368 g/mol. The molecule has 0 unspecified atom stereocenters. The molecule has 6 nitrogen and oxygen atoms in total. The van der Waals surface area contributed by atoms with Crippen molar-refractivity contribution >= 4 is 5.57 Å². The van der Waals surface area contributed by atoms with E-state index in [2.05, 4.69) is 27.2 Å². The molecule has 2 aromatic rings. The van der Waals surface area contributed by atoms with Crippen molar-refractivity contribution in [2.75, 3.05) is 59.6 Å². The molecule has 3 heterocycles. The number of hydrogen-bond acceptors (Lipinski definition) is 5. The molecular formula is C21H28N4O2. The fraction of sp³-hybridized carbons (Fsp3) is 0.476. The number of morpholine rings is 1. The Morgan fingerprint density at radius 2 is 1.81 bits per heavy atom. The smallest absolute Gasteiger partial charge is 0.119 e. The maximum atomic E-state index is 5.42. The van der Waals surface area contributed by atoms with E-state index in [9.17, 15) is 0 Å². The number of rotatable bonds is 6. The molecule has 4 rings (SSSR count). The van der Waals surface area contributed by atoms with Gasteiger partial charge in [-0.2, -0.15) is 5.10 Å². The Morgan fingerprint density at radius 3 is 2.52 bits per heavy atom. The van der Waals surface area contributed by atoms with Gasteiger partial charge in [0.2, 0.25) is 0 Å². The minimum Gasteiger partial charge on any atom is -0.497 e. The summed E-state index contributed by atoms with van der Waals surface area (Å²) in [6, 6.07) is 7.97. The van der Waals surface area contributed by atoms with Crippen molar-refractivity contribution in [3.05, 3.63) is 48.3 Å². The molecule has 0 N–H and O–H groups in total. The van der Waals surface area contributed by atoms with Crippen molar-refractivity contribution < 1.29 is 9.47 Å². The third-order valence-electron chi connectivity index (χ3n) is 5.42. The maximum Gasteiger partial charge on any atom is 0.119 e. The van der Waals surface area contributed by atoms with Crippen molar-refractivity contribution in [2.24, 2.45) is 0 Å². The predicted octanol–water partition coefficient (Wildman–Crippen LogP) is 2.30. The van der Waals surface area contributed by atoms with Crippen molar-refractivity contribution in [3.63, 3.8) is 0 Å². The lowest BCUT2D eigenvalue weighted by atomic mass is 10.0. The molecule has 144 valence electrons. The Labute approximate surface area is 161 Å². The number of benzene rings is 1. The highest BCUT2D eigenvalue weighted by atomic mass is 16.5. The van der Waals surface area contributed by atoms with E-state index in [1.54, 1.807) is 7.11 Å². The summed E-state index contributed by atoms with van der Waals surface area (Å²) in [5.74, 6) is 0.860. The van der Waals surface area contributed by atoms with Gasteiger partial charge >= 0.3 is 0 Å². The second-order valence-electron chi connectivity index (χ2n) is 7.11. The van der Waals surface area contributed by atoms with Crippen molar-refractivity contribution in [1.82, 2.24) is 19.6 Å². The minimum atomic E-state index is 0.860. The van der Waals surface area contributed by atoms with E-state index >= 15 is 0 Å². The lowest BCUT2D eigenvalue weighted by Crippen LogP contribution is -2.42. The van der Waals surface area contributed by atoms with Gasteiger partial charge in [-0.15, -0.1) is 0 Å². The molecule has 6 heteroatoms. The number of aromatic nitrogens is 2. The first-order valence-electron chi connectivity index (χ1n) is 9.73. The molecule has 1 aromatic carbocycles. The summed E-state index contributed by atoms with van der Waals surface area (Å²) in [6.07, 6.45) is 7.53. The van der Waals surface area contributed by atoms with Crippen LogP contribution in [-0.4, -0.2) is 79.2 Å². The molecule has 0 amide bonds. The third kappa shape index (κ3) is 4.58. The van der Waals surface area contributed by atoms with Crippen molar-refractivity contribution in [3.8, 4) is 11.4 Å². The Hall–Kier alpha value is -2.15. The molecular weight excluding hydrogens is 340 g/mol. The van der Waals surface area contributed by atoms with Crippen LogP contribution in [0.25, 0.3) is 11.3 Å². The molecule has 2 aliphatic rings. The van der Waals surface area contributed by atoms with E-state index in [4.69, 9.17) is 9.47 Å². The molecule has 0 spiro atoms. The normalized spacial score (nSPS) is 19.1. The summed E-state index contributed by atoms with van der Waals surface area (Å²) in [7, 11) is 1.68. The van der Waals surface area contributed by atoms with Crippen LogP contribution < -0.4 is 4.74 Å². The van der Waals surface area contributed by atoms with Crippen LogP contribution in [0.4, 0.5) is 0 Å². The third-order valence-corrected chi connectivity index (χ3v) is 5.42. The topological polar surface area (TPSA) is 42.8 Å². The highest BCUT2D eigenvalue weighted by molar-refractivity contribution is 5.65. The van der Waals surface area contributed by atoms with E-state index in [1.165, 1.54) is 11.1 Å². The van der Waals surface area contributed by atoms with Crippen LogP contribution >= 0.6 is 0 Å². The highest BCUT2D eigenvalue weighted by Crippen LogP contribution is 2.23. The van der Waals surface area contributed by atoms with Crippen LogP contribution in [0, 0.1) is 0 Å². The van der Waals surface area contributed by atoms with Crippen LogP contribution in [0.2, 0.25) is 0 Å². The monoisotopic (exact) mass is 368 g/mol. The first kappa shape index (κ1) is 18.2. The summed E-state index contributed by atoms with van der Waals surface area (Å²) < 4.78 is 12.6. The van der Waals surface area contributed by atoms with Crippen molar-refractivity contribution in [2.45, 2.75) is 6.42 Å². The summed E-state index contributed by atoms with van der Waals surface area (Å²) in [5, 5.41) is 4.54. The second kappa shape index (κ2) is 8.69. The first-order valence-corrected chi connectivity index (χ1v) is 9.73. The summed E-state index contributed by atoms with van der Waals surface area (Å²) >= 11 is 0. The Kier molecular flexibility index (Phi) is 5.87. The molecule has 0 saturated carbocycles. The van der Waals surface area contributed by atoms with Gasteiger partial charge in [0.05, 0.1) is 32.2 Å². The molecule has 0 atom stereocenters. The minimum absolute atomic E-state index is 0.860. The Bertz CT molecular complexity index is 763. The molecule has 1 saturated heterocycles. The molecule has 1 aromatic heterocycles. The van der Waals surface area contributed by atoms with Gasteiger partial charge in [0.15, 0.2) is 0 Å². The van der Waals surface area contributed by atoms with Gasteiger partial charge < -0.3 is 9.47 Å². The van der Waals surface area contributed by atoms with Crippen LogP contribution in [0.3, 0.4) is 0 Å². The zero-order valence-corrected chi connectivity index (χ0v) is 16.0. The molecule has 27 heavy (non-hydrogen) atoms. The van der Waals surface area contributed by atoms with Gasteiger partial charge in [-0.05, 0) is 36.3 Å². The Balaban J connectivity index is 1.33. The van der Waals surface area contributed by atoms with E-state index in [-0.39, 0.29) is 0 Å². The molecule has 0 aliphatic carbocycles. The average Bonchev–Trinajstić information content (AvgIpc) is 3.24. The molecule has 0 bridgehead atoms. The van der Waals surface area contributed by atoms with Crippen LogP contribution in [-0.2, 0) is 4.74 Å².